The van der Waals surface area contributed by atoms with Crippen LogP contribution in [0.2, 0.25) is 0 Å². The Balaban J connectivity index is 1.78. The number of halogens is 8. The number of rotatable bonds is 8. The third-order valence-corrected chi connectivity index (χ3v) is 6.28. The van der Waals surface area contributed by atoms with Gasteiger partial charge in [-0.2, -0.15) is 22.0 Å². The lowest BCUT2D eigenvalue weighted by Gasteiger charge is -2.37. The fourth-order valence-electron chi connectivity index (χ4n) is 4.54. The average molecular weight is 494 g/mol. The highest BCUT2D eigenvalue weighted by Crippen LogP contribution is 2.44. The molecule has 188 valence electrons. The topological polar surface area (TPSA) is 9.23 Å². The Bertz CT molecular complexity index is 933. The molecular weight excluding hydrogens is 468 g/mol. The summed E-state index contributed by atoms with van der Waals surface area (Å²) in [5, 5.41) is 0. The first-order valence-electron chi connectivity index (χ1n) is 11.2. The van der Waals surface area contributed by atoms with Gasteiger partial charge in [-0.15, -0.1) is 0 Å². The van der Waals surface area contributed by atoms with Crippen LogP contribution in [-0.4, -0.2) is 17.9 Å². The Morgan fingerprint density at radius 2 is 1.44 bits per heavy atom. The van der Waals surface area contributed by atoms with Gasteiger partial charge in [-0.05, 0) is 48.1 Å². The van der Waals surface area contributed by atoms with Crippen molar-refractivity contribution in [2.45, 2.75) is 82.3 Å². The van der Waals surface area contributed by atoms with E-state index in [4.69, 9.17) is 4.74 Å². The van der Waals surface area contributed by atoms with Crippen molar-refractivity contribution in [3.63, 3.8) is 0 Å². The van der Waals surface area contributed by atoms with E-state index in [9.17, 15) is 35.1 Å². The minimum atomic E-state index is -5.98. The molecule has 2 aromatic rings. The Hall–Kier alpha value is -2.16. The molecule has 1 aliphatic rings. The van der Waals surface area contributed by atoms with Gasteiger partial charge in [-0.1, -0.05) is 56.9 Å². The van der Waals surface area contributed by atoms with E-state index < -0.39 is 35.5 Å². The number of alkyl halides is 6. The van der Waals surface area contributed by atoms with Gasteiger partial charge in [0.25, 0.3) is 6.17 Å². The van der Waals surface area contributed by atoms with E-state index in [1.54, 1.807) is 12.1 Å². The molecule has 34 heavy (non-hydrogen) atoms. The van der Waals surface area contributed by atoms with Crippen LogP contribution in [-0.2, 0) is 17.3 Å². The van der Waals surface area contributed by atoms with Gasteiger partial charge in [0.2, 0.25) is 0 Å². The highest BCUT2D eigenvalue weighted by Gasteiger charge is 2.59. The summed E-state index contributed by atoms with van der Waals surface area (Å²) < 4.78 is 113. The lowest BCUT2D eigenvalue weighted by molar-refractivity contribution is -0.249. The van der Waals surface area contributed by atoms with Crippen molar-refractivity contribution >= 4 is 0 Å². The molecule has 0 N–H and O–H groups in total. The van der Waals surface area contributed by atoms with Crippen molar-refractivity contribution in [3.8, 4) is 11.1 Å². The monoisotopic (exact) mass is 494 g/mol. The molecule has 9 heteroatoms. The summed E-state index contributed by atoms with van der Waals surface area (Å²) in [5.74, 6) is -9.34. The number of hydrogen-bond acceptors (Lipinski definition) is 1. The van der Waals surface area contributed by atoms with Crippen molar-refractivity contribution in [2.24, 2.45) is 0 Å². The zero-order chi connectivity index (χ0) is 25.1. The largest absolute Gasteiger partial charge is 0.426 e. The minimum Gasteiger partial charge on any atom is -0.370 e. The lowest BCUT2D eigenvalue weighted by atomic mass is 9.81. The molecule has 3 rings (SSSR count). The zero-order valence-corrected chi connectivity index (χ0v) is 18.6. The van der Waals surface area contributed by atoms with Gasteiger partial charge in [0.15, 0.2) is 0 Å². The Labute approximate surface area is 193 Å². The molecule has 0 aromatic heterocycles. The molecule has 0 bridgehead atoms. The van der Waals surface area contributed by atoms with E-state index in [1.165, 1.54) is 18.6 Å². The molecule has 0 heterocycles. The zero-order valence-electron chi connectivity index (χ0n) is 18.6. The molecule has 1 saturated carbocycles. The first kappa shape index (κ1) is 26.4. The maximum absolute atomic E-state index is 14.3. The van der Waals surface area contributed by atoms with Gasteiger partial charge < -0.3 is 4.74 Å². The SMILES string of the molecule is CCCC1(OCc2ccc(-c3cc(F)c(C(F)(F)C(F)C(F)(F)F)c(F)c3)cc2)CCCCC1. The molecule has 1 nitrogen and oxygen atoms in total. The van der Waals surface area contributed by atoms with Crippen LogP contribution in [0.1, 0.15) is 63.0 Å². The molecular formula is C25H26F8O. The molecule has 0 amide bonds. The summed E-state index contributed by atoms with van der Waals surface area (Å²) in [5.41, 5.74) is -1.52. The van der Waals surface area contributed by atoms with Crippen molar-refractivity contribution in [2.75, 3.05) is 0 Å². The first-order chi connectivity index (χ1) is 15.9. The predicted octanol–water partition coefficient (Wildman–Crippen LogP) is 8.64. The molecule has 1 unspecified atom stereocenters. The van der Waals surface area contributed by atoms with Gasteiger partial charge in [0, 0.05) is 0 Å². The van der Waals surface area contributed by atoms with Gasteiger partial charge >= 0.3 is 12.1 Å². The normalized spacial score (nSPS) is 17.6. The lowest BCUT2D eigenvalue weighted by Crippen LogP contribution is -2.40. The molecule has 0 aliphatic heterocycles. The number of hydrogen-bond donors (Lipinski definition) is 0. The van der Waals surface area contributed by atoms with Crippen LogP contribution in [0.25, 0.3) is 11.1 Å². The van der Waals surface area contributed by atoms with E-state index in [1.807, 2.05) is 0 Å². The molecule has 0 saturated heterocycles. The van der Waals surface area contributed by atoms with Gasteiger partial charge in [0.05, 0.1) is 17.8 Å². The number of benzene rings is 2. The highest BCUT2D eigenvalue weighted by atomic mass is 19.4. The molecule has 1 fully saturated rings. The van der Waals surface area contributed by atoms with Crippen LogP contribution in [0.3, 0.4) is 0 Å². The maximum atomic E-state index is 14.3. The smallest absolute Gasteiger partial charge is 0.370 e. The Kier molecular flexibility index (Phi) is 7.95. The second kappa shape index (κ2) is 10.2. The Morgan fingerprint density at radius 1 is 0.882 bits per heavy atom. The summed E-state index contributed by atoms with van der Waals surface area (Å²) in [6.45, 7) is 2.44. The van der Waals surface area contributed by atoms with Crippen LogP contribution in [0.15, 0.2) is 36.4 Å². The van der Waals surface area contributed by atoms with Crippen molar-refractivity contribution in [1.82, 2.24) is 0 Å². The maximum Gasteiger partial charge on any atom is 0.426 e. The van der Waals surface area contributed by atoms with Crippen molar-refractivity contribution in [1.29, 1.82) is 0 Å². The van der Waals surface area contributed by atoms with Crippen LogP contribution in [0.5, 0.6) is 0 Å². The van der Waals surface area contributed by atoms with Crippen LogP contribution >= 0.6 is 0 Å². The third kappa shape index (κ3) is 5.73. The molecule has 0 spiro atoms. The molecule has 0 radical (unpaired) electrons. The highest BCUT2D eigenvalue weighted by molar-refractivity contribution is 5.64. The standard InChI is InChI=1S/C25H26F8O/c1-2-10-23(11-4-3-5-12-23)34-15-16-6-8-17(9-7-16)18-13-19(26)21(20(27)14-18)24(29,30)22(28)25(31,32)33/h6-9,13-14,22H,2-5,10-12,15H2,1H3. The van der Waals surface area contributed by atoms with Crippen LogP contribution in [0.4, 0.5) is 35.1 Å². The van der Waals surface area contributed by atoms with Crippen LogP contribution < -0.4 is 0 Å². The third-order valence-electron chi connectivity index (χ3n) is 6.28. The fraction of sp³-hybridized carbons (Fsp3) is 0.520. The van der Waals surface area contributed by atoms with Gasteiger partial charge in [0.1, 0.15) is 11.6 Å². The molecule has 1 aliphatic carbocycles. The quantitative estimate of drug-likeness (QED) is 0.334. The van der Waals surface area contributed by atoms with E-state index in [2.05, 4.69) is 6.92 Å². The Morgan fingerprint density at radius 3 is 1.94 bits per heavy atom. The summed E-state index contributed by atoms with van der Waals surface area (Å²) in [7, 11) is 0. The van der Waals surface area contributed by atoms with Gasteiger partial charge in [-0.25, -0.2) is 13.2 Å². The second-order valence-corrected chi connectivity index (χ2v) is 8.82. The van der Waals surface area contributed by atoms with E-state index in [0.717, 1.165) is 44.1 Å². The summed E-state index contributed by atoms with van der Waals surface area (Å²) >= 11 is 0. The second-order valence-electron chi connectivity index (χ2n) is 8.82. The van der Waals surface area contributed by atoms with Gasteiger partial charge in [-0.3, -0.25) is 0 Å². The van der Waals surface area contributed by atoms with Crippen molar-refractivity contribution < 1.29 is 39.9 Å². The van der Waals surface area contributed by atoms with E-state index >= 15 is 0 Å². The predicted molar refractivity (Wildman–Crippen MR) is 112 cm³/mol. The molecule has 2 aromatic carbocycles. The molecule has 1 atom stereocenters. The van der Waals surface area contributed by atoms with E-state index in [-0.39, 0.29) is 16.7 Å². The minimum absolute atomic E-state index is 0.163. The van der Waals surface area contributed by atoms with Crippen LogP contribution in [0, 0.1) is 11.6 Å². The summed E-state index contributed by atoms with van der Waals surface area (Å²) in [4.78, 5) is 0. The summed E-state index contributed by atoms with van der Waals surface area (Å²) in [6, 6.07) is 7.28. The van der Waals surface area contributed by atoms with Crippen molar-refractivity contribution in [3.05, 3.63) is 59.2 Å². The summed E-state index contributed by atoms with van der Waals surface area (Å²) in [6.07, 6.45) is -3.39. The fourth-order valence-corrected chi connectivity index (χ4v) is 4.54. The average Bonchev–Trinajstić information content (AvgIpc) is 2.77. The number of ether oxygens (including phenoxy) is 1. The first-order valence-corrected chi connectivity index (χ1v) is 11.2. The van der Waals surface area contributed by atoms with E-state index in [0.29, 0.717) is 18.7 Å².